The Hall–Kier alpha value is -1.38. The molecule has 1 aliphatic rings. The molecule has 26 heavy (non-hydrogen) atoms. The molecule has 7 heteroatoms. The van der Waals surface area contributed by atoms with E-state index in [4.69, 9.17) is 16.3 Å². The second kappa shape index (κ2) is 10.1. The second-order valence-corrected chi connectivity index (χ2v) is 6.44. The zero-order valence-electron chi connectivity index (χ0n) is 15.0. The minimum atomic E-state index is 0. The Morgan fingerprint density at radius 2 is 2.15 bits per heavy atom. The SMILES string of the molecule is CN=C(NCc1ccc(Cl)nc1)N1CCOC(c2ccccc2C)C1.I. The van der Waals surface area contributed by atoms with Crippen molar-refractivity contribution in [2.45, 2.75) is 19.6 Å². The zero-order valence-corrected chi connectivity index (χ0v) is 18.1. The third-order valence-corrected chi connectivity index (χ3v) is 4.58. The summed E-state index contributed by atoms with van der Waals surface area (Å²) in [5.74, 6) is 0.872. The molecule has 1 N–H and O–H groups in total. The van der Waals surface area contributed by atoms with Crippen molar-refractivity contribution >= 4 is 41.5 Å². The molecule has 0 radical (unpaired) electrons. The third kappa shape index (κ3) is 5.31. The van der Waals surface area contributed by atoms with Gasteiger partial charge in [-0.2, -0.15) is 0 Å². The Labute approximate surface area is 176 Å². The smallest absolute Gasteiger partial charge is 0.194 e. The van der Waals surface area contributed by atoms with Gasteiger partial charge in [-0.1, -0.05) is 41.9 Å². The van der Waals surface area contributed by atoms with Gasteiger partial charge < -0.3 is 15.0 Å². The number of hydrogen-bond donors (Lipinski definition) is 1. The van der Waals surface area contributed by atoms with Crippen molar-refractivity contribution in [2.24, 2.45) is 4.99 Å². The van der Waals surface area contributed by atoms with E-state index in [1.54, 1.807) is 19.3 Å². The highest BCUT2D eigenvalue weighted by Crippen LogP contribution is 2.25. The summed E-state index contributed by atoms with van der Waals surface area (Å²) in [4.78, 5) is 10.8. The topological polar surface area (TPSA) is 49.8 Å². The molecule has 0 aliphatic carbocycles. The lowest BCUT2D eigenvalue weighted by Crippen LogP contribution is -2.48. The van der Waals surface area contributed by atoms with Crippen molar-refractivity contribution in [3.8, 4) is 0 Å². The van der Waals surface area contributed by atoms with E-state index in [2.05, 4.69) is 51.4 Å². The highest BCUT2D eigenvalue weighted by atomic mass is 127. The number of nitrogens with zero attached hydrogens (tertiary/aromatic N) is 3. The molecule has 0 saturated carbocycles. The van der Waals surface area contributed by atoms with E-state index >= 15 is 0 Å². The molecule has 2 heterocycles. The molecular weight excluding hydrogens is 463 g/mol. The average molecular weight is 487 g/mol. The van der Waals surface area contributed by atoms with Crippen molar-refractivity contribution in [2.75, 3.05) is 26.7 Å². The van der Waals surface area contributed by atoms with Crippen molar-refractivity contribution in [1.29, 1.82) is 0 Å². The number of guanidine groups is 1. The van der Waals surface area contributed by atoms with Crippen LogP contribution in [0.2, 0.25) is 5.15 Å². The molecule has 1 atom stereocenters. The molecule has 0 bridgehead atoms. The molecule has 140 valence electrons. The quantitative estimate of drug-likeness (QED) is 0.310. The molecule has 1 aromatic heterocycles. The van der Waals surface area contributed by atoms with Gasteiger partial charge in [-0.15, -0.1) is 24.0 Å². The fraction of sp³-hybridized carbons (Fsp3) is 0.368. The van der Waals surface area contributed by atoms with Crippen LogP contribution in [0.3, 0.4) is 0 Å². The van der Waals surface area contributed by atoms with Gasteiger partial charge in [0.05, 0.1) is 13.2 Å². The maximum atomic E-state index is 6.00. The molecule has 5 nitrogen and oxygen atoms in total. The van der Waals surface area contributed by atoms with Crippen LogP contribution in [0.1, 0.15) is 22.8 Å². The largest absolute Gasteiger partial charge is 0.370 e. The van der Waals surface area contributed by atoms with Gasteiger partial charge in [-0.05, 0) is 29.7 Å². The lowest BCUT2D eigenvalue weighted by molar-refractivity contribution is -0.00833. The summed E-state index contributed by atoms with van der Waals surface area (Å²) in [5, 5.41) is 3.90. The van der Waals surface area contributed by atoms with Crippen LogP contribution in [-0.4, -0.2) is 42.6 Å². The normalized spacial score (nSPS) is 17.6. The number of halogens is 2. The van der Waals surface area contributed by atoms with Crippen LogP contribution in [0.15, 0.2) is 47.6 Å². The Morgan fingerprint density at radius 3 is 2.85 bits per heavy atom. The number of ether oxygens (including phenoxy) is 1. The van der Waals surface area contributed by atoms with Crippen molar-refractivity contribution in [1.82, 2.24) is 15.2 Å². The van der Waals surface area contributed by atoms with E-state index in [1.165, 1.54) is 11.1 Å². The minimum absolute atomic E-state index is 0. The second-order valence-electron chi connectivity index (χ2n) is 6.05. The number of aromatic nitrogens is 1. The van der Waals surface area contributed by atoms with Gasteiger partial charge in [0, 0.05) is 26.3 Å². The molecule has 0 amide bonds. The van der Waals surface area contributed by atoms with Gasteiger partial charge in [0.1, 0.15) is 11.3 Å². The summed E-state index contributed by atoms with van der Waals surface area (Å²) in [7, 11) is 1.81. The van der Waals surface area contributed by atoms with Crippen LogP contribution in [0, 0.1) is 6.92 Å². The van der Waals surface area contributed by atoms with Gasteiger partial charge in [-0.3, -0.25) is 4.99 Å². The van der Waals surface area contributed by atoms with Crippen molar-refractivity contribution in [3.05, 3.63) is 64.4 Å². The van der Waals surface area contributed by atoms with E-state index in [-0.39, 0.29) is 30.1 Å². The fourth-order valence-corrected chi connectivity index (χ4v) is 3.11. The monoisotopic (exact) mass is 486 g/mol. The minimum Gasteiger partial charge on any atom is -0.370 e. The summed E-state index contributed by atoms with van der Waals surface area (Å²) in [6, 6.07) is 12.1. The van der Waals surface area contributed by atoms with Crippen LogP contribution < -0.4 is 5.32 Å². The Balaban J connectivity index is 0.00000243. The predicted molar refractivity (Wildman–Crippen MR) is 116 cm³/mol. The average Bonchev–Trinajstić information content (AvgIpc) is 2.64. The Morgan fingerprint density at radius 1 is 1.35 bits per heavy atom. The molecule has 1 aromatic carbocycles. The Bertz CT molecular complexity index is 739. The summed E-state index contributed by atoms with van der Waals surface area (Å²) in [5.41, 5.74) is 3.56. The van der Waals surface area contributed by atoms with E-state index in [9.17, 15) is 0 Å². The first-order valence-electron chi connectivity index (χ1n) is 8.40. The lowest BCUT2D eigenvalue weighted by Gasteiger charge is -2.35. The van der Waals surface area contributed by atoms with Gasteiger partial charge in [0.25, 0.3) is 0 Å². The van der Waals surface area contributed by atoms with E-state index in [1.807, 2.05) is 6.07 Å². The maximum Gasteiger partial charge on any atom is 0.194 e. The zero-order chi connectivity index (χ0) is 17.6. The lowest BCUT2D eigenvalue weighted by atomic mass is 10.0. The molecule has 0 spiro atoms. The van der Waals surface area contributed by atoms with E-state index in [0.29, 0.717) is 18.3 Å². The maximum absolute atomic E-state index is 6.00. The summed E-state index contributed by atoms with van der Waals surface area (Å²) < 4.78 is 6.00. The van der Waals surface area contributed by atoms with Crippen LogP contribution in [0.25, 0.3) is 0 Å². The summed E-state index contributed by atoms with van der Waals surface area (Å²) in [6.07, 6.45) is 1.84. The van der Waals surface area contributed by atoms with Gasteiger partial charge in [-0.25, -0.2) is 4.98 Å². The molecule has 1 saturated heterocycles. The summed E-state index contributed by atoms with van der Waals surface area (Å²) >= 11 is 5.83. The molecule has 1 fully saturated rings. The number of morpholine rings is 1. The number of benzene rings is 1. The van der Waals surface area contributed by atoms with Crippen LogP contribution in [0.4, 0.5) is 0 Å². The number of nitrogens with one attached hydrogen (secondary N) is 1. The standard InChI is InChI=1S/C19H23ClN4O.HI/c1-14-5-3-4-6-16(14)17-13-24(9-10-25-17)19(21-2)23-12-15-7-8-18(20)22-11-15;/h3-8,11,17H,9-10,12-13H2,1-2H3,(H,21,23);1H. The van der Waals surface area contributed by atoms with Crippen molar-refractivity contribution in [3.63, 3.8) is 0 Å². The molecular formula is C19H24ClIN4O. The van der Waals surface area contributed by atoms with Crippen molar-refractivity contribution < 1.29 is 4.74 Å². The molecule has 1 aliphatic heterocycles. The highest BCUT2D eigenvalue weighted by Gasteiger charge is 2.25. The first-order chi connectivity index (χ1) is 12.2. The first-order valence-corrected chi connectivity index (χ1v) is 8.78. The van der Waals surface area contributed by atoms with Gasteiger partial charge in [0.2, 0.25) is 0 Å². The van der Waals surface area contributed by atoms with Gasteiger partial charge in [0.15, 0.2) is 5.96 Å². The molecule has 1 unspecified atom stereocenters. The van der Waals surface area contributed by atoms with Crippen LogP contribution in [0.5, 0.6) is 0 Å². The highest BCUT2D eigenvalue weighted by molar-refractivity contribution is 14.0. The van der Waals surface area contributed by atoms with E-state index in [0.717, 1.165) is 24.6 Å². The molecule has 2 aromatic rings. The third-order valence-electron chi connectivity index (χ3n) is 4.35. The van der Waals surface area contributed by atoms with Crippen LogP contribution in [-0.2, 0) is 11.3 Å². The number of aliphatic imine (C=N–C) groups is 1. The first kappa shape index (κ1) is 20.9. The Kier molecular flexibility index (Phi) is 8.12. The molecule has 3 rings (SSSR count). The number of pyridine rings is 1. The van der Waals surface area contributed by atoms with Crippen LogP contribution >= 0.6 is 35.6 Å². The number of rotatable bonds is 3. The number of aryl methyl sites for hydroxylation is 1. The predicted octanol–water partition coefficient (Wildman–Crippen LogP) is 3.81. The number of hydrogen-bond acceptors (Lipinski definition) is 3. The van der Waals surface area contributed by atoms with Gasteiger partial charge >= 0.3 is 0 Å². The summed E-state index contributed by atoms with van der Waals surface area (Å²) in [6.45, 7) is 5.06. The van der Waals surface area contributed by atoms with E-state index < -0.39 is 0 Å². The fourth-order valence-electron chi connectivity index (χ4n) is 3.00.